The van der Waals surface area contributed by atoms with E-state index in [9.17, 15) is 45.0 Å². The van der Waals surface area contributed by atoms with E-state index in [2.05, 4.69) is 26.1 Å². The van der Waals surface area contributed by atoms with Gasteiger partial charge in [0.05, 0.1) is 35.6 Å². The van der Waals surface area contributed by atoms with Crippen molar-refractivity contribution in [3.8, 4) is 17.3 Å². The molecular formula is C24H19BF8N8O. The number of aromatic amines is 1. The van der Waals surface area contributed by atoms with Crippen molar-refractivity contribution in [2.45, 2.75) is 31.1 Å². The fourth-order valence-corrected chi connectivity index (χ4v) is 4.44. The maximum absolute atomic E-state index is 14.9. The molecule has 5 rings (SSSR count). The summed E-state index contributed by atoms with van der Waals surface area (Å²) >= 11 is 0. The van der Waals surface area contributed by atoms with E-state index < -0.39 is 48.4 Å². The van der Waals surface area contributed by atoms with E-state index >= 15 is 0 Å². The van der Waals surface area contributed by atoms with Crippen LogP contribution in [0.5, 0.6) is 0 Å². The highest BCUT2D eigenvalue weighted by Gasteiger charge is 2.47. The molecule has 0 radical (unpaired) electrons. The number of fused-ring (bicyclic) bond motifs is 1. The number of benzene rings is 1. The second-order valence-electron chi connectivity index (χ2n) is 9.32. The number of anilines is 1. The van der Waals surface area contributed by atoms with Crippen molar-refractivity contribution in [2.75, 3.05) is 18.0 Å². The molecule has 1 aliphatic heterocycles. The highest BCUT2D eigenvalue weighted by atomic mass is 19.4. The molecule has 4 aromatic rings. The maximum atomic E-state index is 14.9. The number of nitrogens with zero attached hydrogens (tertiary/aromatic N) is 6. The summed E-state index contributed by atoms with van der Waals surface area (Å²) in [5.41, 5.74) is 0.0728. The zero-order valence-electron chi connectivity index (χ0n) is 21.4. The van der Waals surface area contributed by atoms with Crippen LogP contribution in [0.25, 0.3) is 22.3 Å². The molecule has 3 aromatic heterocycles. The Morgan fingerprint density at radius 2 is 1.90 bits per heavy atom. The number of rotatable bonds is 6. The van der Waals surface area contributed by atoms with E-state index in [4.69, 9.17) is 0 Å². The Kier molecular flexibility index (Phi) is 8.41. The predicted molar refractivity (Wildman–Crippen MR) is 134 cm³/mol. The van der Waals surface area contributed by atoms with Crippen LogP contribution in [0, 0.1) is 23.0 Å². The van der Waals surface area contributed by atoms with Gasteiger partial charge in [-0.05, 0) is 19.1 Å². The summed E-state index contributed by atoms with van der Waals surface area (Å²) in [5, 5.41) is 16.3. The number of alkyl halides is 3. The molecule has 0 unspecified atom stereocenters. The molecule has 0 spiro atoms. The quantitative estimate of drug-likeness (QED) is 0.244. The number of amides is 1. The van der Waals surface area contributed by atoms with Crippen molar-refractivity contribution in [1.82, 2.24) is 30.0 Å². The lowest BCUT2D eigenvalue weighted by atomic mass is 9.86. The first-order valence-electron chi connectivity index (χ1n) is 12.0. The minimum absolute atomic E-state index is 0.0217. The Morgan fingerprint density at radius 1 is 1.21 bits per heavy atom. The summed E-state index contributed by atoms with van der Waals surface area (Å²) in [5.74, 6) is -3.55. The number of hydrogen-bond acceptors (Lipinski definition) is 6. The highest BCUT2D eigenvalue weighted by Crippen LogP contribution is 2.38. The van der Waals surface area contributed by atoms with Crippen LogP contribution in [0.3, 0.4) is 0 Å². The van der Waals surface area contributed by atoms with Gasteiger partial charge in [-0.25, -0.2) is 18.7 Å². The number of H-pyrrole nitrogens is 1. The first kappa shape index (κ1) is 30.3. The van der Waals surface area contributed by atoms with Gasteiger partial charge in [-0.2, -0.15) is 23.5 Å². The van der Waals surface area contributed by atoms with Gasteiger partial charge in [0.1, 0.15) is 35.2 Å². The van der Waals surface area contributed by atoms with Crippen molar-refractivity contribution in [3.05, 3.63) is 60.3 Å². The van der Waals surface area contributed by atoms with Gasteiger partial charge in [0.2, 0.25) is 0 Å². The number of nitrogens with one attached hydrogen (secondary N) is 2. The lowest BCUT2D eigenvalue weighted by Gasteiger charge is -2.50. The third-order valence-electron chi connectivity index (χ3n) is 6.53. The molecule has 9 nitrogen and oxygen atoms in total. The smallest absolute Gasteiger partial charge is 0.364 e. The number of carbonyl (C=O) groups is 1. The van der Waals surface area contributed by atoms with Crippen LogP contribution in [0.15, 0.2) is 43.1 Å². The van der Waals surface area contributed by atoms with Crippen LogP contribution >= 0.6 is 0 Å². The number of carbonyl (C=O) groups excluding carboxylic acids is 1. The summed E-state index contributed by atoms with van der Waals surface area (Å²) in [7, 11) is -3.67. The summed E-state index contributed by atoms with van der Waals surface area (Å²) in [6, 6.07) is 3.01. The number of hydrogen-bond donors (Lipinski definition) is 2. The van der Waals surface area contributed by atoms with Gasteiger partial charge in [-0.1, -0.05) is 0 Å². The molecule has 0 bridgehead atoms. The van der Waals surface area contributed by atoms with Crippen LogP contribution in [-0.2, 0) is 5.54 Å². The van der Waals surface area contributed by atoms with Gasteiger partial charge in [0.15, 0.2) is 0 Å². The standard InChI is InChI=1S/C24H19F5N8O.BF3/c1-13(24(27,28)29)35-22(38)16-6-18(26)19(7-17(16)25)36-10-23(11-36,3-4-30)37-9-14(8-34-37)20-15-2-5-31-21(15)33-12-32-20;2-1(3)4/h2,5-9,12-13H,3,10-11H2,1H3,(H,35,38)(H,31,32,33);/t13-;/m0./s1. The Hall–Kier alpha value is -4.69. The molecule has 4 heterocycles. The predicted octanol–water partition coefficient (Wildman–Crippen LogP) is 4.79. The van der Waals surface area contributed by atoms with E-state index in [-0.39, 0.29) is 25.2 Å². The summed E-state index contributed by atoms with van der Waals surface area (Å²) in [6.07, 6.45) is 1.73. The van der Waals surface area contributed by atoms with Crippen molar-refractivity contribution < 1.29 is 39.7 Å². The topological polar surface area (TPSA) is 116 Å². The van der Waals surface area contributed by atoms with Gasteiger partial charge < -0.3 is 15.2 Å². The Balaban J connectivity index is 0.000000952. The van der Waals surface area contributed by atoms with E-state index in [1.807, 2.05) is 6.07 Å². The van der Waals surface area contributed by atoms with Crippen molar-refractivity contribution in [2.24, 2.45) is 0 Å². The second-order valence-corrected chi connectivity index (χ2v) is 9.32. The Labute approximate surface area is 232 Å². The molecule has 1 amide bonds. The number of nitriles is 1. The molecule has 220 valence electrons. The molecule has 1 saturated heterocycles. The molecule has 1 fully saturated rings. The van der Waals surface area contributed by atoms with Gasteiger partial charge in [0, 0.05) is 42.5 Å². The second kappa shape index (κ2) is 11.7. The fourth-order valence-electron chi connectivity index (χ4n) is 4.44. The number of halogens is 8. The third kappa shape index (κ3) is 6.14. The summed E-state index contributed by atoms with van der Waals surface area (Å²) in [4.78, 5) is 25.1. The summed E-state index contributed by atoms with van der Waals surface area (Å²) in [6.45, 7) is 0.887. The Bertz CT molecular complexity index is 1620. The summed E-state index contributed by atoms with van der Waals surface area (Å²) < 4.78 is 98.4. The average Bonchev–Trinajstić information content (AvgIpc) is 3.56. The average molecular weight is 598 g/mol. The Morgan fingerprint density at radius 3 is 2.55 bits per heavy atom. The van der Waals surface area contributed by atoms with Crippen LogP contribution in [0.1, 0.15) is 23.7 Å². The zero-order chi connectivity index (χ0) is 30.8. The largest absolute Gasteiger partial charge is 0.762 e. The lowest BCUT2D eigenvalue weighted by molar-refractivity contribution is -0.149. The van der Waals surface area contributed by atoms with Crippen molar-refractivity contribution in [1.29, 1.82) is 5.26 Å². The van der Waals surface area contributed by atoms with Gasteiger partial charge in [-0.15, -0.1) is 0 Å². The molecule has 0 saturated carbocycles. The molecular weight excluding hydrogens is 579 g/mol. The minimum Gasteiger partial charge on any atom is -0.364 e. The fraction of sp³-hybridized carbons (Fsp3) is 0.292. The normalized spacial score (nSPS) is 14.8. The minimum atomic E-state index is -4.74. The molecule has 1 atom stereocenters. The molecule has 1 aromatic carbocycles. The van der Waals surface area contributed by atoms with Crippen molar-refractivity contribution >= 4 is 30.2 Å². The molecule has 42 heavy (non-hydrogen) atoms. The molecule has 0 aliphatic carbocycles. The van der Waals surface area contributed by atoms with E-state index in [0.717, 1.165) is 11.5 Å². The van der Waals surface area contributed by atoms with Gasteiger partial charge >= 0.3 is 13.7 Å². The van der Waals surface area contributed by atoms with E-state index in [1.165, 1.54) is 11.2 Å². The molecule has 18 heteroatoms. The van der Waals surface area contributed by atoms with Crippen molar-refractivity contribution in [3.63, 3.8) is 0 Å². The van der Waals surface area contributed by atoms with Crippen LogP contribution in [0.2, 0.25) is 0 Å². The molecule has 2 N–H and O–H groups in total. The monoisotopic (exact) mass is 598 g/mol. The molecule has 1 aliphatic rings. The van der Waals surface area contributed by atoms with Crippen LogP contribution < -0.4 is 10.2 Å². The van der Waals surface area contributed by atoms with Crippen LogP contribution in [-0.4, -0.2) is 63.5 Å². The van der Waals surface area contributed by atoms with Gasteiger partial charge in [-0.3, -0.25) is 22.4 Å². The first-order chi connectivity index (χ1) is 19.8. The SMILES string of the molecule is C[C@H](NC(=O)c1cc(F)c(N2CC(CC#N)(n3cc(-c4ncnc5[nH]ccc45)cn3)C2)cc1F)C(F)(F)F.FB(F)F. The first-order valence-corrected chi connectivity index (χ1v) is 12.0. The lowest BCUT2D eigenvalue weighted by Crippen LogP contribution is -2.63. The van der Waals surface area contributed by atoms with Crippen LogP contribution in [0.4, 0.5) is 40.6 Å². The number of aromatic nitrogens is 5. The van der Waals surface area contributed by atoms with E-state index in [1.54, 1.807) is 28.6 Å². The highest BCUT2D eigenvalue weighted by molar-refractivity contribution is 6.33. The third-order valence-corrected chi connectivity index (χ3v) is 6.53. The van der Waals surface area contributed by atoms with Gasteiger partial charge in [0.25, 0.3) is 5.91 Å². The van der Waals surface area contributed by atoms with E-state index in [0.29, 0.717) is 29.9 Å². The maximum Gasteiger partial charge on any atom is 0.762 e. The zero-order valence-corrected chi connectivity index (χ0v) is 21.4.